The predicted molar refractivity (Wildman–Crippen MR) is 68.8 cm³/mol. The van der Waals surface area contributed by atoms with Crippen molar-refractivity contribution in [1.82, 2.24) is 4.90 Å². The number of nitrogens with zero attached hydrogens (tertiary/aromatic N) is 1. The fraction of sp³-hybridized carbons (Fsp3) is 0.462. The third-order valence-corrected chi connectivity index (χ3v) is 3.61. The van der Waals surface area contributed by atoms with Gasteiger partial charge in [-0.25, -0.2) is 0 Å². The Morgan fingerprint density at radius 3 is 2.50 bits per heavy atom. The highest BCUT2D eigenvalue weighted by molar-refractivity contribution is 9.09. The van der Waals surface area contributed by atoms with Crippen LogP contribution in [-0.4, -0.2) is 29.7 Å². The molecule has 0 N–H and O–H groups in total. The Kier molecular flexibility index (Phi) is 3.33. The van der Waals surface area contributed by atoms with E-state index in [4.69, 9.17) is 0 Å². The van der Waals surface area contributed by atoms with Crippen LogP contribution >= 0.6 is 15.9 Å². The van der Waals surface area contributed by atoms with Gasteiger partial charge in [0.1, 0.15) is 0 Å². The van der Waals surface area contributed by atoms with Crippen LogP contribution in [0.4, 0.5) is 0 Å². The second-order valence-corrected chi connectivity index (χ2v) is 5.16. The molecule has 0 aliphatic heterocycles. The molecule has 2 nitrogen and oxygen atoms in total. The summed E-state index contributed by atoms with van der Waals surface area (Å²) >= 11 is 3.37. The van der Waals surface area contributed by atoms with E-state index in [0.717, 1.165) is 24.7 Å². The molecule has 0 radical (unpaired) electrons. The van der Waals surface area contributed by atoms with Crippen LogP contribution in [-0.2, 0) is 10.2 Å². The van der Waals surface area contributed by atoms with E-state index in [1.807, 2.05) is 30.1 Å². The van der Waals surface area contributed by atoms with Gasteiger partial charge in [0, 0.05) is 18.9 Å². The monoisotopic (exact) mass is 281 g/mol. The van der Waals surface area contributed by atoms with E-state index in [9.17, 15) is 4.79 Å². The van der Waals surface area contributed by atoms with E-state index in [-0.39, 0.29) is 11.3 Å². The average Bonchev–Trinajstić information content (AvgIpc) is 3.11. The van der Waals surface area contributed by atoms with Crippen molar-refractivity contribution in [2.75, 3.05) is 18.9 Å². The number of likely N-dealkylation sites (N-methyl/N-ethyl adjacent to an activating group) is 1. The number of carbonyl (C=O) groups excluding carboxylic acids is 1. The smallest absolute Gasteiger partial charge is 0.232 e. The summed E-state index contributed by atoms with van der Waals surface area (Å²) in [7, 11) is 1.88. The molecule has 0 spiro atoms. The number of halogens is 1. The van der Waals surface area contributed by atoms with Crippen LogP contribution in [0.2, 0.25) is 0 Å². The van der Waals surface area contributed by atoms with Crippen molar-refractivity contribution in [2.24, 2.45) is 0 Å². The van der Waals surface area contributed by atoms with Gasteiger partial charge in [-0.2, -0.15) is 0 Å². The first-order valence-electron chi connectivity index (χ1n) is 5.58. The molecule has 86 valence electrons. The summed E-state index contributed by atoms with van der Waals surface area (Å²) in [6.07, 6.45) is 1.98. The van der Waals surface area contributed by atoms with Gasteiger partial charge in [-0.3, -0.25) is 4.79 Å². The summed E-state index contributed by atoms with van der Waals surface area (Å²) in [5.41, 5.74) is 0.958. The van der Waals surface area contributed by atoms with Crippen molar-refractivity contribution in [3.63, 3.8) is 0 Å². The van der Waals surface area contributed by atoms with E-state index in [0.29, 0.717) is 0 Å². The molecule has 2 rings (SSSR count). The summed E-state index contributed by atoms with van der Waals surface area (Å²) in [4.78, 5) is 14.2. The lowest BCUT2D eigenvalue weighted by Gasteiger charge is -2.23. The van der Waals surface area contributed by atoms with Crippen molar-refractivity contribution in [1.29, 1.82) is 0 Å². The Hall–Kier alpha value is -0.830. The molecule has 1 fully saturated rings. The second kappa shape index (κ2) is 4.58. The molecule has 1 aliphatic carbocycles. The molecular formula is C13H16BrNO. The van der Waals surface area contributed by atoms with Crippen LogP contribution < -0.4 is 0 Å². The Bertz CT molecular complexity index is 373. The van der Waals surface area contributed by atoms with Gasteiger partial charge in [0.05, 0.1) is 5.41 Å². The number of amides is 1. The molecule has 3 heteroatoms. The first-order chi connectivity index (χ1) is 7.70. The van der Waals surface area contributed by atoms with Crippen LogP contribution in [0, 0.1) is 0 Å². The molecule has 0 saturated heterocycles. The Balaban J connectivity index is 2.17. The SMILES string of the molecule is CN(CCBr)C(=O)C1(c2ccccc2)CC1. The van der Waals surface area contributed by atoms with Crippen LogP contribution in [0.1, 0.15) is 18.4 Å². The van der Waals surface area contributed by atoms with Gasteiger partial charge in [-0.05, 0) is 18.4 Å². The minimum Gasteiger partial charge on any atom is -0.344 e. The standard InChI is InChI=1S/C13H16BrNO/c1-15(10-9-14)12(16)13(7-8-13)11-5-3-2-4-6-11/h2-6H,7-10H2,1H3. The second-order valence-electron chi connectivity index (χ2n) is 4.36. The number of alkyl halides is 1. The maximum Gasteiger partial charge on any atom is 0.232 e. The molecule has 1 aromatic carbocycles. The quantitative estimate of drug-likeness (QED) is 0.777. The van der Waals surface area contributed by atoms with Gasteiger partial charge >= 0.3 is 0 Å². The van der Waals surface area contributed by atoms with E-state index >= 15 is 0 Å². The first-order valence-corrected chi connectivity index (χ1v) is 6.70. The highest BCUT2D eigenvalue weighted by atomic mass is 79.9. The Labute approximate surface area is 105 Å². The van der Waals surface area contributed by atoms with E-state index < -0.39 is 0 Å². The van der Waals surface area contributed by atoms with Crippen LogP contribution in [0.25, 0.3) is 0 Å². The van der Waals surface area contributed by atoms with E-state index in [1.54, 1.807) is 0 Å². The minimum absolute atomic E-state index is 0.210. The van der Waals surface area contributed by atoms with Gasteiger partial charge in [-0.15, -0.1) is 0 Å². The molecule has 1 amide bonds. The molecule has 0 unspecified atom stereocenters. The zero-order valence-corrected chi connectivity index (χ0v) is 11.0. The number of carbonyl (C=O) groups is 1. The normalized spacial score (nSPS) is 16.9. The third-order valence-electron chi connectivity index (χ3n) is 3.25. The molecule has 1 aromatic rings. The summed E-state index contributed by atoms with van der Waals surface area (Å²) < 4.78 is 0. The summed E-state index contributed by atoms with van der Waals surface area (Å²) in [6, 6.07) is 10.1. The molecular weight excluding hydrogens is 266 g/mol. The maximum absolute atomic E-state index is 12.3. The van der Waals surface area contributed by atoms with Crippen LogP contribution in [0.3, 0.4) is 0 Å². The number of hydrogen-bond acceptors (Lipinski definition) is 1. The van der Waals surface area contributed by atoms with E-state index in [2.05, 4.69) is 28.1 Å². The van der Waals surface area contributed by atoms with Crippen molar-refractivity contribution in [3.05, 3.63) is 35.9 Å². The van der Waals surface area contributed by atoms with Crippen molar-refractivity contribution < 1.29 is 4.79 Å². The molecule has 0 bridgehead atoms. The number of benzene rings is 1. The number of hydrogen-bond donors (Lipinski definition) is 0. The first kappa shape index (κ1) is 11.6. The van der Waals surface area contributed by atoms with Gasteiger partial charge in [0.25, 0.3) is 0 Å². The van der Waals surface area contributed by atoms with Crippen molar-refractivity contribution in [2.45, 2.75) is 18.3 Å². The fourth-order valence-electron chi connectivity index (χ4n) is 2.10. The maximum atomic E-state index is 12.3. The predicted octanol–water partition coefficient (Wildman–Crippen LogP) is 2.57. The summed E-state index contributed by atoms with van der Waals surface area (Å²) in [5.74, 6) is 0.262. The molecule has 1 saturated carbocycles. The van der Waals surface area contributed by atoms with Gasteiger partial charge in [0.15, 0.2) is 0 Å². The molecule has 16 heavy (non-hydrogen) atoms. The average molecular weight is 282 g/mol. The van der Waals surface area contributed by atoms with Gasteiger partial charge in [0.2, 0.25) is 5.91 Å². The molecule has 0 heterocycles. The third kappa shape index (κ3) is 2.01. The lowest BCUT2D eigenvalue weighted by molar-refractivity contribution is -0.132. The summed E-state index contributed by atoms with van der Waals surface area (Å²) in [6.45, 7) is 0.771. The Morgan fingerprint density at radius 2 is 2.00 bits per heavy atom. The lowest BCUT2D eigenvalue weighted by Crippen LogP contribution is -2.37. The molecule has 0 atom stereocenters. The topological polar surface area (TPSA) is 20.3 Å². The molecule has 0 aromatic heterocycles. The minimum atomic E-state index is -0.210. The van der Waals surface area contributed by atoms with Gasteiger partial charge in [-0.1, -0.05) is 46.3 Å². The van der Waals surface area contributed by atoms with Crippen molar-refractivity contribution >= 4 is 21.8 Å². The highest BCUT2D eigenvalue weighted by Crippen LogP contribution is 2.49. The van der Waals surface area contributed by atoms with Crippen LogP contribution in [0.15, 0.2) is 30.3 Å². The zero-order chi connectivity index (χ0) is 11.6. The van der Waals surface area contributed by atoms with Gasteiger partial charge < -0.3 is 4.90 Å². The zero-order valence-electron chi connectivity index (χ0n) is 9.45. The summed E-state index contributed by atoms with van der Waals surface area (Å²) in [5, 5.41) is 0.833. The largest absolute Gasteiger partial charge is 0.344 e. The number of rotatable bonds is 4. The van der Waals surface area contributed by atoms with Crippen molar-refractivity contribution in [3.8, 4) is 0 Å². The Morgan fingerprint density at radius 1 is 1.38 bits per heavy atom. The van der Waals surface area contributed by atoms with Crippen LogP contribution in [0.5, 0.6) is 0 Å². The fourth-order valence-corrected chi connectivity index (χ4v) is 2.63. The highest BCUT2D eigenvalue weighted by Gasteiger charge is 2.52. The molecule has 1 aliphatic rings. The van der Waals surface area contributed by atoms with E-state index in [1.165, 1.54) is 5.56 Å². The lowest BCUT2D eigenvalue weighted by atomic mass is 9.94.